The topological polar surface area (TPSA) is 49.4 Å². The molecule has 1 aliphatic heterocycles. The van der Waals surface area contributed by atoms with Crippen LogP contribution in [0.25, 0.3) is 0 Å². The fourth-order valence-electron chi connectivity index (χ4n) is 2.53. The molecule has 1 aliphatic rings. The average molecular weight is 280 g/mol. The first-order valence-corrected chi connectivity index (χ1v) is 7.60. The van der Waals surface area contributed by atoms with Crippen LogP contribution in [0.1, 0.15) is 44.5 Å². The van der Waals surface area contributed by atoms with Gasteiger partial charge in [0.05, 0.1) is 6.04 Å². The average Bonchev–Trinajstić information content (AvgIpc) is 2.89. The first-order valence-electron chi connectivity index (χ1n) is 6.72. The number of piperazine rings is 1. The number of nitrogens with one attached hydrogen (secondary N) is 1. The Labute approximate surface area is 117 Å². The third kappa shape index (κ3) is 2.66. The summed E-state index contributed by atoms with van der Waals surface area (Å²) < 4.78 is 0. The van der Waals surface area contributed by atoms with E-state index >= 15 is 0 Å². The van der Waals surface area contributed by atoms with E-state index in [4.69, 9.17) is 0 Å². The van der Waals surface area contributed by atoms with Crippen molar-refractivity contribution in [2.24, 2.45) is 0 Å². The highest BCUT2D eigenvalue weighted by molar-refractivity contribution is 7.10. The molecule has 1 aromatic heterocycles. The molecule has 19 heavy (non-hydrogen) atoms. The summed E-state index contributed by atoms with van der Waals surface area (Å²) in [7, 11) is 0. The van der Waals surface area contributed by atoms with Gasteiger partial charge in [0.25, 0.3) is 0 Å². The van der Waals surface area contributed by atoms with Crippen LogP contribution in [0.4, 0.5) is 0 Å². The van der Waals surface area contributed by atoms with Crippen molar-refractivity contribution < 1.29 is 9.59 Å². The van der Waals surface area contributed by atoms with Gasteiger partial charge in [-0.15, -0.1) is 11.3 Å². The van der Waals surface area contributed by atoms with Gasteiger partial charge in [-0.05, 0) is 31.7 Å². The van der Waals surface area contributed by atoms with Crippen LogP contribution in [0.3, 0.4) is 0 Å². The Morgan fingerprint density at radius 1 is 1.42 bits per heavy atom. The van der Waals surface area contributed by atoms with Gasteiger partial charge in [0, 0.05) is 4.88 Å². The summed E-state index contributed by atoms with van der Waals surface area (Å²) >= 11 is 1.65. The van der Waals surface area contributed by atoms with E-state index in [1.54, 1.807) is 30.1 Å². The van der Waals surface area contributed by atoms with E-state index in [-0.39, 0.29) is 17.9 Å². The molecule has 0 aromatic carbocycles. The van der Waals surface area contributed by atoms with Crippen molar-refractivity contribution in [3.63, 3.8) is 0 Å². The predicted octanol–water partition coefficient (Wildman–Crippen LogP) is 2.32. The lowest BCUT2D eigenvalue weighted by Crippen LogP contribution is -2.62. The highest BCUT2D eigenvalue weighted by Gasteiger charge is 2.40. The van der Waals surface area contributed by atoms with Crippen LogP contribution >= 0.6 is 11.3 Å². The molecule has 1 saturated heterocycles. The lowest BCUT2D eigenvalue weighted by atomic mass is 10.0. The Hall–Kier alpha value is -1.36. The van der Waals surface area contributed by atoms with Gasteiger partial charge in [0.15, 0.2) is 0 Å². The second-order valence-electron chi connectivity index (χ2n) is 4.97. The SMILES string of the molecule is CCCC(c1cccs1)N1C(=O)C(C)NC(=O)C1C. The zero-order chi connectivity index (χ0) is 14.0. The molecule has 2 amide bonds. The molecule has 104 valence electrons. The van der Waals surface area contributed by atoms with Crippen molar-refractivity contribution in [3.8, 4) is 0 Å². The van der Waals surface area contributed by atoms with Crippen molar-refractivity contribution >= 4 is 23.2 Å². The van der Waals surface area contributed by atoms with Crippen LogP contribution in [0, 0.1) is 0 Å². The van der Waals surface area contributed by atoms with Gasteiger partial charge in [-0.1, -0.05) is 19.4 Å². The largest absolute Gasteiger partial charge is 0.343 e. The summed E-state index contributed by atoms with van der Waals surface area (Å²) in [5.74, 6) is -0.0521. The van der Waals surface area contributed by atoms with Crippen LogP contribution in [0.15, 0.2) is 17.5 Å². The van der Waals surface area contributed by atoms with E-state index < -0.39 is 12.1 Å². The maximum atomic E-state index is 12.4. The Balaban J connectivity index is 2.33. The monoisotopic (exact) mass is 280 g/mol. The molecule has 0 aliphatic carbocycles. The third-order valence-corrected chi connectivity index (χ3v) is 4.52. The second kappa shape index (κ2) is 5.74. The molecule has 0 spiro atoms. The van der Waals surface area contributed by atoms with Crippen molar-refractivity contribution in [2.45, 2.75) is 51.7 Å². The van der Waals surface area contributed by atoms with Gasteiger partial charge in [-0.25, -0.2) is 0 Å². The fraction of sp³-hybridized carbons (Fsp3) is 0.571. The van der Waals surface area contributed by atoms with Gasteiger partial charge >= 0.3 is 0 Å². The summed E-state index contributed by atoms with van der Waals surface area (Å²) in [5, 5.41) is 4.74. The first kappa shape index (κ1) is 14.1. The zero-order valence-electron chi connectivity index (χ0n) is 11.6. The maximum Gasteiger partial charge on any atom is 0.246 e. The van der Waals surface area contributed by atoms with Gasteiger partial charge in [-0.3, -0.25) is 9.59 Å². The number of nitrogens with zero attached hydrogens (tertiary/aromatic N) is 1. The highest BCUT2D eigenvalue weighted by atomic mass is 32.1. The Kier molecular flexibility index (Phi) is 4.24. The molecule has 1 N–H and O–H groups in total. The van der Waals surface area contributed by atoms with Gasteiger partial charge in [0.1, 0.15) is 12.1 Å². The minimum absolute atomic E-state index is 0.0129. The number of hydrogen-bond acceptors (Lipinski definition) is 3. The summed E-state index contributed by atoms with van der Waals surface area (Å²) in [4.78, 5) is 27.3. The molecule has 4 nitrogen and oxygen atoms in total. The molecule has 1 aromatic rings. The maximum absolute atomic E-state index is 12.4. The molecule has 0 radical (unpaired) electrons. The highest BCUT2D eigenvalue weighted by Crippen LogP contribution is 2.32. The van der Waals surface area contributed by atoms with Crippen LogP contribution in [-0.4, -0.2) is 28.8 Å². The van der Waals surface area contributed by atoms with Gasteiger partial charge in [-0.2, -0.15) is 0 Å². The van der Waals surface area contributed by atoms with Crippen molar-refractivity contribution in [1.29, 1.82) is 0 Å². The van der Waals surface area contributed by atoms with Crippen molar-refractivity contribution in [3.05, 3.63) is 22.4 Å². The van der Waals surface area contributed by atoms with Gasteiger partial charge in [0.2, 0.25) is 11.8 Å². The molecule has 0 saturated carbocycles. The minimum atomic E-state index is -0.428. The summed E-state index contributed by atoms with van der Waals surface area (Å²) in [6.45, 7) is 5.65. The van der Waals surface area contributed by atoms with E-state index in [9.17, 15) is 9.59 Å². The second-order valence-corrected chi connectivity index (χ2v) is 5.95. The molecule has 5 heteroatoms. The van der Waals surface area contributed by atoms with Crippen LogP contribution in [0.5, 0.6) is 0 Å². The molecule has 0 bridgehead atoms. The van der Waals surface area contributed by atoms with E-state index in [1.807, 2.05) is 17.5 Å². The van der Waals surface area contributed by atoms with E-state index in [1.165, 1.54) is 0 Å². The van der Waals surface area contributed by atoms with Crippen molar-refractivity contribution in [2.75, 3.05) is 0 Å². The van der Waals surface area contributed by atoms with Crippen LogP contribution in [0.2, 0.25) is 0 Å². The minimum Gasteiger partial charge on any atom is -0.343 e. The van der Waals surface area contributed by atoms with Gasteiger partial charge < -0.3 is 10.2 Å². The molecule has 3 atom stereocenters. The predicted molar refractivity (Wildman–Crippen MR) is 75.9 cm³/mol. The number of amides is 2. The lowest BCUT2D eigenvalue weighted by molar-refractivity contribution is -0.151. The van der Waals surface area contributed by atoms with Crippen LogP contribution in [-0.2, 0) is 9.59 Å². The molecule has 2 heterocycles. The Morgan fingerprint density at radius 3 is 2.74 bits per heavy atom. The summed E-state index contributed by atoms with van der Waals surface area (Å²) in [6.07, 6.45) is 1.87. The van der Waals surface area contributed by atoms with E-state index in [0.29, 0.717) is 0 Å². The third-order valence-electron chi connectivity index (χ3n) is 3.55. The molecular formula is C14H20N2O2S. The Bertz CT molecular complexity index is 458. The van der Waals surface area contributed by atoms with E-state index in [0.717, 1.165) is 17.7 Å². The summed E-state index contributed by atoms with van der Waals surface area (Å²) in [6, 6.07) is 3.22. The van der Waals surface area contributed by atoms with Crippen molar-refractivity contribution in [1.82, 2.24) is 10.2 Å². The first-order chi connectivity index (χ1) is 9.06. The van der Waals surface area contributed by atoms with Crippen LogP contribution < -0.4 is 5.32 Å². The number of thiophene rings is 1. The summed E-state index contributed by atoms with van der Waals surface area (Å²) in [5.41, 5.74) is 0. The molecule has 2 rings (SSSR count). The standard InChI is InChI=1S/C14H20N2O2S/c1-4-6-11(12-7-5-8-19-12)16-10(3)13(17)15-9(2)14(16)18/h5,7-11H,4,6H2,1-3H3,(H,15,17). The van der Waals surface area contributed by atoms with E-state index in [2.05, 4.69) is 12.2 Å². The zero-order valence-corrected chi connectivity index (χ0v) is 12.4. The number of hydrogen-bond donors (Lipinski definition) is 1. The number of carbonyl (C=O) groups is 2. The lowest BCUT2D eigenvalue weighted by Gasteiger charge is -2.41. The molecular weight excluding hydrogens is 260 g/mol. The fourth-order valence-corrected chi connectivity index (χ4v) is 3.39. The molecule has 3 unspecified atom stereocenters. The normalized spacial score (nSPS) is 25.3. The Morgan fingerprint density at radius 2 is 2.16 bits per heavy atom. The number of carbonyl (C=O) groups excluding carboxylic acids is 2. The number of rotatable bonds is 4. The quantitative estimate of drug-likeness (QED) is 0.920. The molecule has 1 fully saturated rings. The smallest absolute Gasteiger partial charge is 0.246 e.